The van der Waals surface area contributed by atoms with Gasteiger partial charge in [0.25, 0.3) is 0 Å². The number of likely N-dealkylation sites (N-methyl/N-ethyl adjacent to an activating group) is 1. The molecule has 1 heterocycles. The molecule has 7 nitrogen and oxygen atoms in total. The number of fused-ring (bicyclic) bond motifs is 1. The number of carbonyl (C=O) groups is 2. The van der Waals surface area contributed by atoms with Gasteiger partial charge in [-0.25, -0.2) is 9.59 Å². The zero-order valence-corrected chi connectivity index (χ0v) is 14.4. The number of aliphatic carboxylic acids is 2. The second-order valence-electron chi connectivity index (χ2n) is 5.30. The van der Waals surface area contributed by atoms with Gasteiger partial charge in [-0.2, -0.15) is 0 Å². The van der Waals surface area contributed by atoms with Gasteiger partial charge in [0, 0.05) is 35.8 Å². The summed E-state index contributed by atoms with van der Waals surface area (Å²) in [5.41, 5.74) is 2.21. The van der Waals surface area contributed by atoms with Crippen molar-refractivity contribution in [2.75, 3.05) is 19.6 Å². The third-order valence-electron chi connectivity index (χ3n) is 3.73. The van der Waals surface area contributed by atoms with Crippen LogP contribution in [-0.2, 0) is 16.0 Å². The monoisotopic (exact) mass is 348 g/mol. The zero-order chi connectivity index (χ0) is 18.8. The highest BCUT2D eigenvalue weighted by molar-refractivity contribution is 5.90. The largest absolute Gasteiger partial charge is 0.507 e. The first-order valence-electron chi connectivity index (χ1n) is 8.03. The van der Waals surface area contributed by atoms with Crippen molar-refractivity contribution >= 4 is 22.8 Å². The second-order valence-corrected chi connectivity index (χ2v) is 5.30. The average Bonchev–Trinajstić information content (AvgIpc) is 2.99. The Kier molecular flexibility index (Phi) is 8.22. The highest BCUT2D eigenvalue weighted by Gasteiger charge is 2.08. The van der Waals surface area contributed by atoms with Gasteiger partial charge in [-0.15, -0.1) is 0 Å². The molecule has 0 aliphatic heterocycles. The van der Waals surface area contributed by atoms with Gasteiger partial charge in [0.15, 0.2) is 0 Å². The van der Waals surface area contributed by atoms with Crippen molar-refractivity contribution in [3.05, 3.63) is 42.1 Å². The first kappa shape index (κ1) is 20.2. The summed E-state index contributed by atoms with van der Waals surface area (Å²) in [6.07, 6.45) is 4.10. The number of H-pyrrole nitrogens is 1. The normalized spacial score (nSPS) is 10.8. The Morgan fingerprint density at radius 2 is 1.72 bits per heavy atom. The van der Waals surface area contributed by atoms with Crippen molar-refractivity contribution < 1.29 is 24.9 Å². The minimum absolute atomic E-state index is 0.373. The molecule has 7 heteroatoms. The number of phenols is 1. The Hall–Kier alpha value is -2.80. The molecule has 0 radical (unpaired) electrons. The number of carboxylic acids is 2. The smallest absolute Gasteiger partial charge is 0.328 e. The summed E-state index contributed by atoms with van der Waals surface area (Å²) in [5, 5.41) is 26.5. The molecular formula is C18H24N2O5. The van der Waals surface area contributed by atoms with E-state index < -0.39 is 11.9 Å². The molecule has 0 bridgehead atoms. The maximum atomic E-state index is 9.89. The molecule has 136 valence electrons. The number of hydrogen-bond acceptors (Lipinski definition) is 4. The molecule has 4 N–H and O–H groups in total. The first-order chi connectivity index (χ1) is 11.9. The number of nitrogens with zero attached hydrogens (tertiary/aromatic N) is 1. The van der Waals surface area contributed by atoms with E-state index >= 15 is 0 Å². The molecule has 0 aliphatic rings. The first-order valence-corrected chi connectivity index (χ1v) is 8.03. The van der Waals surface area contributed by atoms with Crippen molar-refractivity contribution in [3.8, 4) is 5.75 Å². The van der Waals surface area contributed by atoms with Crippen LogP contribution in [-0.4, -0.2) is 56.8 Å². The zero-order valence-electron chi connectivity index (χ0n) is 14.4. The fourth-order valence-electron chi connectivity index (χ4n) is 2.39. The van der Waals surface area contributed by atoms with Crippen LogP contribution >= 0.6 is 0 Å². The van der Waals surface area contributed by atoms with E-state index in [1.54, 1.807) is 6.07 Å². The van der Waals surface area contributed by atoms with E-state index in [-0.39, 0.29) is 0 Å². The lowest BCUT2D eigenvalue weighted by Gasteiger charge is -2.17. The molecule has 0 unspecified atom stereocenters. The molecule has 0 fully saturated rings. The van der Waals surface area contributed by atoms with Gasteiger partial charge < -0.3 is 25.2 Å². The summed E-state index contributed by atoms with van der Waals surface area (Å²) in [6, 6.07) is 5.61. The van der Waals surface area contributed by atoms with E-state index in [4.69, 9.17) is 10.2 Å². The molecule has 25 heavy (non-hydrogen) atoms. The van der Waals surface area contributed by atoms with E-state index in [0.717, 1.165) is 37.0 Å². The van der Waals surface area contributed by atoms with Gasteiger partial charge in [0.2, 0.25) is 0 Å². The second kappa shape index (κ2) is 10.1. The third kappa shape index (κ3) is 6.68. The molecule has 0 aliphatic carbocycles. The van der Waals surface area contributed by atoms with Gasteiger partial charge in [0.1, 0.15) is 5.75 Å². The number of benzene rings is 1. The van der Waals surface area contributed by atoms with Crippen LogP contribution in [0.2, 0.25) is 0 Å². The minimum Gasteiger partial charge on any atom is -0.507 e. The highest BCUT2D eigenvalue weighted by Crippen LogP contribution is 2.27. The Labute approximate surface area is 146 Å². The number of nitrogens with one attached hydrogen (secondary N) is 1. The van der Waals surface area contributed by atoms with Gasteiger partial charge in [-0.05, 0) is 37.2 Å². The average molecular weight is 348 g/mol. The quantitative estimate of drug-likeness (QED) is 0.572. The minimum atomic E-state index is -1.26. The van der Waals surface area contributed by atoms with E-state index in [2.05, 4.69) is 23.7 Å². The van der Waals surface area contributed by atoms with E-state index in [9.17, 15) is 14.7 Å². The summed E-state index contributed by atoms with van der Waals surface area (Å²) in [7, 11) is 0. The molecule has 0 spiro atoms. The summed E-state index contributed by atoms with van der Waals surface area (Å²) < 4.78 is 0. The van der Waals surface area contributed by atoms with E-state index in [1.165, 1.54) is 5.56 Å². The highest BCUT2D eigenvalue weighted by atomic mass is 16.4. The van der Waals surface area contributed by atoms with Crippen LogP contribution in [0.4, 0.5) is 0 Å². The molecule has 2 rings (SSSR count). The van der Waals surface area contributed by atoms with Crippen LogP contribution in [0.15, 0.2) is 36.5 Å². The molecule has 1 aromatic carbocycles. The van der Waals surface area contributed by atoms with Crippen LogP contribution in [0.5, 0.6) is 5.75 Å². The standard InChI is InChI=1S/C14H20N2O.C4H4O4/c1-3-16(4-2)9-8-11-10-15-12-6-5-7-13(17)14(11)12;5-3(6)1-2-4(7)8/h5-7,10,15,17H,3-4,8-9H2,1-2H3;1-2H,(H,5,6)(H,7,8)/b;2-1+. The Balaban J connectivity index is 0.000000333. The lowest BCUT2D eigenvalue weighted by atomic mass is 10.1. The number of aromatic hydroxyl groups is 1. The summed E-state index contributed by atoms with van der Waals surface area (Å²) in [5.74, 6) is -2.14. The van der Waals surface area contributed by atoms with Gasteiger partial charge in [-0.1, -0.05) is 19.9 Å². The number of phenolic OH excluding ortho intramolecular Hbond substituents is 1. The fourth-order valence-corrected chi connectivity index (χ4v) is 2.39. The maximum Gasteiger partial charge on any atom is 0.328 e. The molecule has 0 atom stereocenters. The summed E-state index contributed by atoms with van der Waals surface area (Å²) in [6.45, 7) is 7.54. The molecule has 0 saturated heterocycles. The third-order valence-corrected chi connectivity index (χ3v) is 3.73. The van der Waals surface area contributed by atoms with Gasteiger partial charge in [-0.3, -0.25) is 0 Å². The Bertz CT molecular complexity index is 716. The van der Waals surface area contributed by atoms with Crippen molar-refractivity contribution in [2.24, 2.45) is 0 Å². The molecule has 2 aromatic rings. The van der Waals surface area contributed by atoms with Crippen LogP contribution in [0.3, 0.4) is 0 Å². The topological polar surface area (TPSA) is 114 Å². The van der Waals surface area contributed by atoms with Crippen LogP contribution in [0.25, 0.3) is 10.9 Å². The van der Waals surface area contributed by atoms with Crippen molar-refractivity contribution in [3.63, 3.8) is 0 Å². The number of carboxylic acid groups (broad SMARTS) is 2. The summed E-state index contributed by atoms with van der Waals surface area (Å²) in [4.78, 5) is 24.7. The van der Waals surface area contributed by atoms with Crippen LogP contribution < -0.4 is 0 Å². The number of hydrogen-bond donors (Lipinski definition) is 4. The van der Waals surface area contributed by atoms with Crippen molar-refractivity contribution in [1.29, 1.82) is 0 Å². The van der Waals surface area contributed by atoms with Crippen molar-refractivity contribution in [2.45, 2.75) is 20.3 Å². The predicted octanol–water partition coefficient (Wildman–Crippen LogP) is 2.47. The van der Waals surface area contributed by atoms with Gasteiger partial charge in [0.05, 0.1) is 0 Å². The lowest BCUT2D eigenvalue weighted by molar-refractivity contribution is -0.134. The maximum absolute atomic E-state index is 9.89. The number of aromatic amines is 1. The Morgan fingerprint density at radius 1 is 1.12 bits per heavy atom. The van der Waals surface area contributed by atoms with E-state index in [1.807, 2.05) is 18.3 Å². The molecule has 1 aromatic heterocycles. The van der Waals surface area contributed by atoms with Gasteiger partial charge >= 0.3 is 11.9 Å². The lowest BCUT2D eigenvalue weighted by Crippen LogP contribution is -2.25. The fraction of sp³-hybridized carbons (Fsp3) is 0.333. The molecular weight excluding hydrogens is 324 g/mol. The molecule has 0 saturated carbocycles. The number of rotatable bonds is 7. The molecule has 0 amide bonds. The Morgan fingerprint density at radius 3 is 2.24 bits per heavy atom. The van der Waals surface area contributed by atoms with Crippen molar-refractivity contribution in [1.82, 2.24) is 9.88 Å². The SMILES string of the molecule is CCN(CC)CCc1c[nH]c2cccc(O)c12.O=C(O)/C=C/C(=O)O. The number of aromatic nitrogens is 1. The van der Waals surface area contributed by atoms with E-state index in [0.29, 0.717) is 17.9 Å². The van der Waals surface area contributed by atoms with Crippen LogP contribution in [0.1, 0.15) is 19.4 Å². The van der Waals surface area contributed by atoms with Crippen LogP contribution in [0, 0.1) is 0 Å². The summed E-state index contributed by atoms with van der Waals surface area (Å²) >= 11 is 0. The predicted molar refractivity (Wildman–Crippen MR) is 95.9 cm³/mol.